The van der Waals surface area contributed by atoms with Gasteiger partial charge in [-0.3, -0.25) is 0 Å². The van der Waals surface area contributed by atoms with E-state index in [4.69, 9.17) is 9.47 Å². The van der Waals surface area contributed by atoms with Crippen molar-refractivity contribution in [1.82, 2.24) is 0 Å². The Bertz CT molecular complexity index is 747. The second kappa shape index (κ2) is 6.28. The van der Waals surface area contributed by atoms with Gasteiger partial charge in [-0.2, -0.15) is 0 Å². The maximum Gasteiger partial charge on any atom is 0.374 e. The third-order valence-electron chi connectivity index (χ3n) is 3.47. The molecule has 1 aromatic rings. The van der Waals surface area contributed by atoms with Crippen LogP contribution in [-0.2, 0) is 24.1 Å². The molecule has 0 aromatic heterocycles. The van der Waals surface area contributed by atoms with Crippen LogP contribution < -0.4 is 0 Å². The smallest absolute Gasteiger partial charge is 0.374 e. The molecule has 1 aromatic carbocycles. The highest BCUT2D eigenvalue weighted by atomic mass is 79.9. The molecule has 0 radical (unpaired) electrons. The molecule has 0 saturated heterocycles. The number of cyclic esters (lactones) is 1. The number of rotatable bonds is 5. The summed E-state index contributed by atoms with van der Waals surface area (Å²) < 4.78 is 34.3. The number of carbonyl (C=O) groups is 1. The van der Waals surface area contributed by atoms with Crippen molar-refractivity contribution in [3.63, 3.8) is 0 Å². The molecule has 0 amide bonds. The van der Waals surface area contributed by atoms with Crippen molar-refractivity contribution in [1.29, 1.82) is 0 Å². The highest BCUT2D eigenvalue weighted by Gasteiger charge is 2.43. The first-order valence-corrected chi connectivity index (χ1v) is 10.1. The fourth-order valence-corrected chi connectivity index (χ4v) is 3.15. The third kappa shape index (κ3) is 3.77. The minimum absolute atomic E-state index is 0.175. The molecule has 0 aliphatic carbocycles. The summed E-state index contributed by atoms with van der Waals surface area (Å²) >= 11 is 3.31. The largest absolute Gasteiger partial charge is 0.482 e. The molecule has 5 nitrogen and oxygen atoms in total. The highest BCUT2D eigenvalue weighted by Crippen LogP contribution is 2.40. The minimum Gasteiger partial charge on any atom is -0.482 e. The molecule has 1 atom stereocenters. The number of hydrogen-bond acceptors (Lipinski definition) is 5. The molecule has 1 aliphatic heterocycles. The van der Waals surface area contributed by atoms with E-state index in [0.717, 1.165) is 6.26 Å². The van der Waals surface area contributed by atoms with E-state index in [0.29, 0.717) is 16.5 Å². The summed E-state index contributed by atoms with van der Waals surface area (Å²) in [5.74, 6) is -0.334. The molecule has 0 spiro atoms. The van der Waals surface area contributed by atoms with Crippen LogP contribution in [0.5, 0.6) is 0 Å². The van der Waals surface area contributed by atoms with E-state index in [-0.39, 0.29) is 16.8 Å². The zero-order valence-corrected chi connectivity index (χ0v) is 15.8. The number of benzene rings is 1. The first kappa shape index (κ1) is 18.0. The van der Waals surface area contributed by atoms with Gasteiger partial charge in [0.15, 0.2) is 9.84 Å². The van der Waals surface area contributed by atoms with Crippen molar-refractivity contribution in [3.05, 3.63) is 35.6 Å². The van der Waals surface area contributed by atoms with Crippen LogP contribution in [0.2, 0.25) is 0 Å². The molecule has 0 fully saturated rings. The van der Waals surface area contributed by atoms with Crippen molar-refractivity contribution in [2.24, 2.45) is 0 Å². The summed E-state index contributed by atoms with van der Waals surface area (Å²) in [5.41, 5.74) is 0.478. The molecule has 7 heteroatoms. The Hall–Kier alpha value is -1.34. The number of carbonyl (C=O) groups excluding carboxylic acids is 1. The van der Waals surface area contributed by atoms with E-state index in [9.17, 15) is 13.2 Å². The number of sulfone groups is 1. The van der Waals surface area contributed by atoms with E-state index >= 15 is 0 Å². The van der Waals surface area contributed by atoms with E-state index in [2.05, 4.69) is 15.9 Å². The number of alkyl halides is 1. The first-order valence-electron chi connectivity index (χ1n) is 7.07. The fraction of sp³-hybridized carbons (Fsp3) is 0.438. The predicted octanol–water partition coefficient (Wildman–Crippen LogP) is 2.94. The lowest BCUT2D eigenvalue weighted by Crippen LogP contribution is -2.22. The number of esters is 1. The third-order valence-corrected chi connectivity index (χ3v) is 5.51. The van der Waals surface area contributed by atoms with Crippen molar-refractivity contribution in [2.75, 3.05) is 11.6 Å². The Balaban J connectivity index is 2.52. The van der Waals surface area contributed by atoms with Gasteiger partial charge in [-0.05, 0) is 38.5 Å². The average Bonchev–Trinajstić information content (AvgIpc) is 2.67. The van der Waals surface area contributed by atoms with E-state index < -0.39 is 21.4 Å². The predicted molar refractivity (Wildman–Crippen MR) is 91.0 cm³/mol. The summed E-state index contributed by atoms with van der Waals surface area (Å²) in [6.07, 6.45) is 0.955. The molecule has 0 bridgehead atoms. The van der Waals surface area contributed by atoms with Crippen molar-refractivity contribution < 1.29 is 22.7 Å². The monoisotopic (exact) mass is 402 g/mol. The SMILES string of the molecule is CC(CBr)OC1=C(c2ccc(S(C)(=O)=O)cc2)C(C)(C)OC1=O. The number of ether oxygens (including phenoxy) is 2. The quantitative estimate of drug-likeness (QED) is 0.559. The van der Waals surface area contributed by atoms with Crippen LogP contribution in [-0.4, -0.2) is 37.7 Å². The molecule has 23 heavy (non-hydrogen) atoms. The van der Waals surface area contributed by atoms with Gasteiger partial charge in [-0.15, -0.1) is 0 Å². The van der Waals surface area contributed by atoms with Crippen LogP contribution in [0.4, 0.5) is 0 Å². The highest BCUT2D eigenvalue weighted by molar-refractivity contribution is 9.09. The molecule has 126 valence electrons. The Morgan fingerprint density at radius 3 is 2.30 bits per heavy atom. The lowest BCUT2D eigenvalue weighted by molar-refractivity contribution is -0.147. The van der Waals surface area contributed by atoms with Crippen LogP contribution in [0.3, 0.4) is 0 Å². The van der Waals surface area contributed by atoms with Gasteiger partial charge in [0.1, 0.15) is 11.7 Å². The van der Waals surface area contributed by atoms with Gasteiger partial charge in [0.25, 0.3) is 0 Å². The molecule has 1 unspecified atom stereocenters. The average molecular weight is 403 g/mol. The fourth-order valence-electron chi connectivity index (χ4n) is 2.39. The summed E-state index contributed by atoms with van der Waals surface area (Å²) in [6, 6.07) is 6.36. The van der Waals surface area contributed by atoms with Gasteiger partial charge in [0, 0.05) is 11.6 Å². The summed E-state index contributed by atoms with van der Waals surface area (Å²) in [7, 11) is -3.27. The maximum atomic E-state index is 12.1. The van der Waals surface area contributed by atoms with Crippen molar-refractivity contribution in [2.45, 2.75) is 37.4 Å². The molecular formula is C16H19BrO5S. The summed E-state index contributed by atoms with van der Waals surface area (Å²) in [4.78, 5) is 12.4. The lowest BCUT2D eigenvalue weighted by Gasteiger charge is -2.21. The van der Waals surface area contributed by atoms with Gasteiger partial charge in [0.05, 0.1) is 10.5 Å². The lowest BCUT2D eigenvalue weighted by atomic mass is 9.92. The Labute approximate surface area is 144 Å². The van der Waals surface area contributed by atoms with Crippen LogP contribution in [0.25, 0.3) is 5.57 Å². The van der Waals surface area contributed by atoms with Crippen molar-refractivity contribution in [3.8, 4) is 0 Å². The van der Waals surface area contributed by atoms with Crippen LogP contribution in [0.1, 0.15) is 26.3 Å². The van der Waals surface area contributed by atoms with E-state index in [1.54, 1.807) is 26.0 Å². The summed E-state index contributed by atoms with van der Waals surface area (Å²) in [5, 5.41) is 0.574. The topological polar surface area (TPSA) is 69.7 Å². The molecule has 0 saturated carbocycles. The second-order valence-electron chi connectivity index (χ2n) is 5.98. The first-order chi connectivity index (χ1) is 10.6. The zero-order valence-electron chi connectivity index (χ0n) is 13.4. The van der Waals surface area contributed by atoms with Gasteiger partial charge < -0.3 is 9.47 Å². The van der Waals surface area contributed by atoms with Crippen LogP contribution in [0, 0.1) is 0 Å². The maximum absolute atomic E-state index is 12.1. The number of hydrogen-bond donors (Lipinski definition) is 0. The normalized spacial score (nSPS) is 18.7. The standard InChI is InChI=1S/C16H19BrO5S/c1-10(9-17)21-14-13(16(2,3)22-15(14)18)11-5-7-12(8-6-11)23(4,19)20/h5-8,10H,9H2,1-4H3. The minimum atomic E-state index is -3.27. The van der Waals surface area contributed by atoms with E-state index in [1.165, 1.54) is 12.1 Å². The Morgan fingerprint density at radius 1 is 1.26 bits per heavy atom. The molecule has 1 aliphatic rings. The summed E-state index contributed by atoms with van der Waals surface area (Å²) in [6.45, 7) is 5.39. The van der Waals surface area contributed by atoms with Gasteiger partial charge in [0.2, 0.25) is 5.76 Å². The van der Waals surface area contributed by atoms with Gasteiger partial charge >= 0.3 is 5.97 Å². The second-order valence-corrected chi connectivity index (χ2v) is 8.65. The zero-order chi connectivity index (χ0) is 17.4. The molecule has 1 heterocycles. The molecule has 2 rings (SSSR count). The van der Waals surface area contributed by atoms with E-state index in [1.807, 2.05) is 6.92 Å². The van der Waals surface area contributed by atoms with Gasteiger partial charge in [-0.1, -0.05) is 28.1 Å². The Kier molecular flexibility index (Phi) is 4.92. The van der Waals surface area contributed by atoms with Crippen LogP contribution in [0.15, 0.2) is 34.9 Å². The molecular weight excluding hydrogens is 384 g/mol. The van der Waals surface area contributed by atoms with Crippen molar-refractivity contribution >= 4 is 37.3 Å². The Morgan fingerprint density at radius 2 is 1.83 bits per heavy atom. The number of halogens is 1. The van der Waals surface area contributed by atoms with Gasteiger partial charge in [-0.25, -0.2) is 13.2 Å². The molecule has 0 N–H and O–H groups in total. The van der Waals surface area contributed by atoms with Crippen LogP contribution >= 0.6 is 15.9 Å².